The molecule has 0 aliphatic rings. The Morgan fingerprint density at radius 2 is 1.59 bits per heavy atom. The minimum atomic E-state index is 0.861. The van der Waals surface area contributed by atoms with Crippen molar-refractivity contribution in [3.63, 3.8) is 0 Å². The van der Waals surface area contributed by atoms with E-state index in [1.807, 2.05) is 20.9 Å². The lowest BCUT2D eigenvalue weighted by molar-refractivity contribution is 0.259. The Morgan fingerprint density at radius 3 is 2.21 bits per heavy atom. The zero-order valence-corrected chi connectivity index (χ0v) is 22.6. The molecule has 0 spiro atoms. The van der Waals surface area contributed by atoms with E-state index in [9.17, 15) is 0 Å². The third kappa shape index (κ3) is 7.20. The molecule has 0 fully saturated rings. The Labute approximate surface area is 208 Å². The number of nitrogen functional groups attached to an aromatic ring is 1. The molecular weight excluding hydrogens is 416 g/mol. The van der Waals surface area contributed by atoms with Gasteiger partial charge in [0, 0.05) is 30.2 Å². The highest BCUT2D eigenvalue weighted by Gasteiger charge is 2.12. The van der Waals surface area contributed by atoms with Crippen molar-refractivity contribution < 1.29 is 0 Å². The van der Waals surface area contributed by atoms with Crippen molar-refractivity contribution >= 4 is 22.3 Å². The molecule has 0 saturated carbocycles. The predicted octanol–water partition coefficient (Wildman–Crippen LogP) is 7.96. The fourth-order valence-corrected chi connectivity index (χ4v) is 4.46. The first-order valence-electron chi connectivity index (χ1n) is 13.2. The average molecular weight is 463 g/mol. The second kappa shape index (κ2) is 14.0. The number of hydrogen-bond acceptors (Lipinski definition) is 4. The molecule has 0 aliphatic carbocycles. The Hall–Kier alpha value is -2.59. The van der Waals surface area contributed by atoms with E-state index >= 15 is 0 Å². The van der Waals surface area contributed by atoms with Crippen LogP contribution in [0.4, 0.5) is 11.5 Å². The maximum atomic E-state index is 6.16. The molecule has 2 aromatic carbocycles. The number of benzene rings is 2. The predicted molar refractivity (Wildman–Crippen MR) is 152 cm³/mol. The van der Waals surface area contributed by atoms with Crippen molar-refractivity contribution in [1.29, 1.82) is 0 Å². The van der Waals surface area contributed by atoms with Crippen LogP contribution in [0.15, 0.2) is 36.4 Å². The van der Waals surface area contributed by atoms with Gasteiger partial charge in [0.15, 0.2) is 0 Å². The third-order valence-electron chi connectivity index (χ3n) is 6.30. The van der Waals surface area contributed by atoms with Crippen molar-refractivity contribution in [3.8, 4) is 11.3 Å². The monoisotopic (exact) mass is 462 g/mol. The number of unbranched alkanes of at least 4 members (excludes halogenated alkanes) is 3. The quantitative estimate of drug-likeness (QED) is 0.224. The number of anilines is 2. The number of aryl methyl sites for hydroxylation is 2. The van der Waals surface area contributed by atoms with Crippen LogP contribution in [-0.4, -0.2) is 30.0 Å². The molecule has 34 heavy (non-hydrogen) atoms. The van der Waals surface area contributed by atoms with E-state index in [2.05, 4.69) is 74.3 Å². The zero-order valence-electron chi connectivity index (χ0n) is 22.6. The molecule has 4 heteroatoms. The summed E-state index contributed by atoms with van der Waals surface area (Å²) in [5, 5.41) is 5.71. The Bertz CT molecular complexity index is 1020. The molecule has 0 aliphatic heterocycles. The lowest BCUT2D eigenvalue weighted by atomic mass is 10.00. The fourth-order valence-electron chi connectivity index (χ4n) is 4.46. The summed E-state index contributed by atoms with van der Waals surface area (Å²) >= 11 is 0. The van der Waals surface area contributed by atoms with Crippen LogP contribution >= 0.6 is 0 Å². The standard InChI is InChI=1S/C28H40N4.C2H6/c1-6-8-9-10-14-32(13-7-2)19-22-11-12-23-18-26(31-28(30-5)25(23)17-22)24-15-20(3)27(29)21(4)16-24;1-2/h11-12,15-18H,6-10,13-14,19,29H2,1-5H3,(H,30,31);1-2H3. The highest BCUT2D eigenvalue weighted by molar-refractivity contribution is 5.95. The van der Waals surface area contributed by atoms with Gasteiger partial charge in [-0.3, -0.25) is 4.90 Å². The largest absolute Gasteiger partial charge is 0.398 e. The van der Waals surface area contributed by atoms with Crippen molar-refractivity contribution in [1.82, 2.24) is 9.88 Å². The molecular formula is C30H46N4. The minimum Gasteiger partial charge on any atom is -0.398 e. The van der Waals surface area contributed by atoms with E-state index in [-0.39, 0.29) is 0 Å². The highest BCUT2D eigenvalue weighted by Crippen LogP contribution is 2.31. The van der Waals surface area contributed by atoms with Gasteiger partial charge in [0.25, 0.3) is 0 Å². The lowest BCUT2D eigenvalue weighted by Gasteiger charge is -2.22. The molecule has 0 radical (unpaired) electrons. The molecule has 3 rings (SSSR count). The van der Waals surface area contributed by atoms with Crippen LogP contribution in [0, 0.1) is 13.8 Å². The number of rotatable bonds is 11. The molecule has 3 N–H and O–H groups in total. The second-order valence-electron chi connectivity index (χ2n) is 9.02. The van der Waals surface area contributed by atoms with E-state index in [1.54, 1.807) is 0 Å². The van der Waals surface area contributed by atoms with Crippen LogP contribution < -0.4 is 11.1 Å². The van der Waals surface area contributed by atoms with E-state index < -0.39 is 0 Å². The number of nitrogens with zero attached hydrogens (tertiary/aromatic N) is 2. The van der Waals surface area contributed by atoms with Crippen LogP contribution in [-0.2, 0) is 6.54 Å². The van der Waals surface area contributed by atoms with E-state index in [0.717, 1.165) is 47.0 Å². The maximum absolute atomic E-state index is 6.16. The number of hydrogen-bond donors (Lipinski definition) is 2. The van der Waals surface area contributed by atoms with Gasteiger partial charge < -0.3 is 11.1 Å². The fraction of sp³-hybridized carbons (Fsp3) is 0.500. The number of nitrogens with one attached hydrogen (secondary N) is 1. The molecule has 1 aromatic heterocycles. The number of fused-ring (bicyclic) bond motifs is 1. The molecule has 0 unspecified atom stereocenters. The normalized spacial score (nSPS) is 10.9. The Kier molecular flexibility index (Phi) is 11.4. The number of nitrogens with two attached hydrogens (primary N) is 1. The summed E-state index contributed by atoms with van der Waals surface area (Å²) in [4.78, 5) is 7.56. The molecule has 0 amide bonds. The lowest BCUT2D eigenvalue weighted by Crippen LogP contribution is -2.25. The molecule has 0 saturated heterocycles. The molecule has 1 heterocycles. The molecule has 0 bridgehead atoms. The van der Waals surface area contributed by atoms with Crippen LogP contribution in [0.1, 0.15) is 76.5 Å². The Balaban J connectivity index is 0.00000199. The van der Waals surface area contributed by atoms with Gasteiger partial charge in [0.1, 0.15) is 5.82 Å². The highest BCUT2D eigenvalue weighted by atomic mass is 15.1. The summed E-state index contributed by atoms with van der Waals surface area (Å²) in [6, 6.07) is 13.3. The van der Waals surface area contributed by atoms with Gasteiger partial charge >= 0.3 is 0 Å². The Morgan fingerprint density at radius 1 is 0.882 bits per heavy atom. The SMILES string of the molecule is CC.CCCCCCN(CCC)Cc1ccc2cc(-c3cc(C)c(N)c(C)c3)nc(NC)c2c1. The number of pyridine rings is 1. The van der Waals surface area contributed by atoms with Gasteiger partial charge in [-0.05, 0) is 86.1 Å². The van der Waals surface area contributed by atoms with Crippen molar-refractivity contribution in [3.05, 3.63) is 53.1 Å². The molecule has 3 aromatic rings. The second-order valence-corrected chi connectivity index (χ2v) is 9.02. The average Bonchev–Trinajstić information content (AvgIpc) is 2.85. The zero-order chi connectivity index (χ0) is 25.1. The van der Waals surface area contributed by atoms with Crippen LogP contribution in [0.25, 0.3) is 22.0 Å². The first kappa shape index (κ1) is 27.7. The first-order valence-corrected chi connectivity index (χ1v) is 13.2. The molecule has 4 nitrogen and oxygen atoms in total. The summed E-state index contributed by atoms with van der Waals surface area (Å²) < 4.78 is 0. The van der Waals surface area contributed by atoms with Gasteiger partial charge in [-0.25, -0.2) is 4.98 Å². The van der Waals surface area contributed by atoms with Crippen LogP contribution in [0.5, 0.6) is 0 Å². The van der Waals surface area contributed by atoms with Crippen LogP contribution in [0.2, 0.25) is 0 Å². The van der Waals surface area contributed by atoms with Gasteiger partial charge in [-0.1, -0.05) is 59.1 Å². The van der Waals surface area contributed by atoms with Gasteiger partial charge in [-0.15, -0.1) is 0 Å². The van der Waals surface area contributed by atoms with E-state index in [4.69, 9.17) is 10.7 Å². The third-order valence-corrected chi connectivity index (χ3v) is 6.30. The van der Waals surface area contributed by atoms with Crippen LogP contribution in [0.3, 0.4) is 0 Å². The summed E-state index contributed by atoms with van der Waals surface area (Å²) in [5.41, 5.74) is 12.7. The molecule has 186 valence electrons. The van der Waals surface area contributed by atoms with E-state index in [1.165, 1.54) is 55.0 Å². The van der Waals surface area contributed by atoms with Crippen molar-refractivity contribution in [2.45, 2.75) is 80.2 Å². The van der Waals surface area contributed by atoms with Gasteiger partial charge in [-0.2, -0.15) is 0 Å². The topological polar surface area (TPSA) is 54.2 Å². The first-order chi connectivity index (χ1) is 16.5. The molecule has 0 atom stereocenters. The maximum Gasteiger partial charge on any atom is 0.134 e. The summed E-state index contributed by atoms with van der Waals surface area (Å²) in [7, 11) is 1.95. The van der Waals surface area contributed by atoms with Crippen molar-refractivity contribution in [2.24, 2.45) is 0 Å². The minimum absolute atomic E-state index is 0.861. The smallest absolute Gasteiger partial charge is 0.134 e. The summed E-state index contributed by atoms with van der Waals surface area (Å²) in [6.45, 7) is 16.0. The summed E-state index contributed by atoms with van der Waals surface area (Å²) in [5.74, 6) is 0.927. The van der Waals surface area contributed by atoms with Gasteiger partial charge in [0.2, 0.25) is 0 Å². The van der Waals surface area contributed by atoms with Gasteiger partial charge in [0.05, 0.1) is 5.69 Å². The van der Waals surface area contributed by atoms with E-state index in [0.29, 0.717) is 0 Å². The number of aromatic nitrogens is 1. The summed E-state index contributed by atoms with van der Waals surface area (Å²) in [6.07, 6.45) is 6.43. The van der Waals surface area contributed by atoms with Crippen molar-refractivity contribution in [2.75, 3.05) is 31.2 Å².